The maximum Gasteiger partial charge on any atom is 0.0141 e. The number of alkyl halides is 1. The lowest BCUT2D eigenvalue weighted by atomic mass is 10.0. The molecule has 0 aromatic rings. The van der Waals surface area contributed by atoms with Gasteiger partial charge in [-0.2, -0.15) is 0 Å². The summed E-state index contributed by atoms with van der Waals surface area (Å²) in [4.78, 5) is 0. The fourth-order valence-corrected chi connectivity index (χ4v) is 3.54. The highest BCUT2D eigenvalue weighted by atomic mass is 127. The molecule has 3 atom stereocenters. The van der Waals surface area contributed by atoms with Gasteiger partial charge in [-0.3, -0.25) is 0 Å². The summed E-state index contributed by atoms with van der Waals surface area (Å²) < 4.78 is 1.05. The zero-order chi connectivity index (χ0) is 5.56. The second kappa shape index (κ2) is 1.86. The van der Waals surface area contributed by atoms with E-state index >= 15 is 0 Å². The number of hydrogen-bond acceptors (Lipinski definition) is 0. The molecule has 0 saturated heterocycles. The van der Waals surface area contributed by atoms with Crippen LogP contribution in [0.4, 0.5) is 0 Å². The van der Waals surface area contributed by atoms with Gasteiger partial charge in [0.1, 0.15) is 0 Å². The first-order chi connectivity index (χ1) is 3.86. The van der Waals surface area contributed by atoms with Gasteiger partial charge in [0, 0.05) is 3.92 Å². The van der Waals surface area contributed by atoms with Crippen LogP contribution in [0.2, 0.25) is 0 Å². The van der Waals surface area contributed by atoms with E-state index in [4.69, 9.17) is 0 Å². The molecular formula is C7H11I. The van der Waals surface area contributed by atoms with Crippen LogP contribution in [0.1, 0.15) is 25.7 Å². The molecule has 0 spiro atoms. The monoisotopic (exact) mass is 222 g/mol. The van der Waals surface area contributed by atoms with Crippen LogP contribution in [0.15, 0.2) is 0 Å². The highest BCUT2D eigenvalue weighted by Gasteiger charge is 2.37. The van der Waals surface area contributed by atoms with E-state index < -0.39 is 0 Å². The van der Waals surface area contributed by atoms with Gasteiger partial charge in [0.25, 0.3) is 0 Å². The lowest BCUT2D eigenvalue weighted by molar-refractivity contribution is 0.503. The second-order valence-electron chi connectivity index (χ2n) is 3.19. The lowest BCUT2D eigenvalue weighted by Gasteiger charge is -2.13. The van der Waals surface area contributed by atoms with Crippen LogP contribution in [-0.4, -0.2) is 3.92 Å². The van der Waals surface area contributed by atoms with Crippen LogP contribution in [-0.2, 0) is 0 Å². The van der Waals surface area contributed by atoms with Crippen molar-refractivity contribution in [2.24, 2.45) is 11.8 Å². The Labute approximate surface area is 64.2 Å². The zero-order valence-corrected chi connectivity index (χ0v) is 7.10. The highest BCUT2D eigenvalue weighted by Crippen LogP contribution is 2.47. The lowest BCUT2D eigenvalue weighted by Crippen LogP contribution is -2.07. The Morgan fingerprint density at radius 1 is 1.12 bits per heavy atom. The summed E-state index contributed by atoms with van der Waals surface area (Å²) in [5.41, 5.74) is 0. The third-order valence-electron chi connectivity index (χ3n) is 2.65. The van der Waals surface area contributed by atoms with Crippen molar-refractivity contribution in [3.05, 3.63) is 0 Å². The molecule has 0 heterocycles. The van der Waals surface area contributed by atoms with Crippen molar-refractivity contribution in [3.63, 3.8) is 0 Å². The van der Waals surface area contributed by atoms with Gasteiger partial charge in [-0.15, -0.1) is 0 Å². The van der Waals surface area contributed by atoms with E-state index in [0.717, 1.165) is 15.8 Å². The van der Waals surface area contributed by atoms with Gasteiger partial charge in [-0.1, -0.05) is 29.0 Å². The van der Waals surface area contributed by atoms with Crippen molar-refractivity contribution in [2.75, 3.05) is 0 Å². The standard InChI is InChI=1S/C7H11I/c8-7-4-5-1-2-6(7)3-5/h5-7H,1-4H2. The van der Waals surface area contributed by atoms with E-state index in [1.54, 1.807) is 12.8 Å². The van der Waals surface area contributed by atoms with Crippen LogP contribution in [0.3, 0.4) is 0 Å². The Morgan fingerprint density at radius 3 is 2.25 bits per heavy atom. The topological polar surface area (TPSA) is 0 Å². The molecule has 2 aliphatic rings. The summed E-state index contributed by atoms with van der Waals surface area (Å²) in [7, 11) is 0. The van der Waals surface area contributed by atoms with Gasteiger partial charge >= 0.3 is 0 Å². The first-order valence-electron chi connectivity index (χ1n) is 3.50. The minimum atomic E-state index is 1.05. The van der Waals surface area contributed by atoms with Gasteiger partial charge in [0.15, 0.2) is 0 Å². The molecule has 8 heavy (non-hydrogen) atoms. The minimum Gasteiger partial charge on any atom is -0.0823 e. The Kier molecular flexibility index (Phi) is 1.28. The van der Waals surface area contributed by atoms with Crippen molar-refractivity contribution in [1.82, 2.24) is 0 Å². The van der Waals surface area contributed by atoms with Gasteiger partial charge < -0.3 is 0 Å². The van der Waals surface area contributed by atoms with Gasteiger partial charge in [0.05, 0.1) is 0 Å². The molecule has 2 saturated carbocycles. The molecule has 0 amide bonds. The fourth-order valence-electron chi connectivity index (χ4n) is 2.17. The van der Waals surface area contributed by atoms with Crippen LogP contribution in [0.5, 0.6) is 0 Å². The summed E-state index contributed by atoms with van der Waals surface area (Å²) in [5.74, 6) is 2.27. The number of fused-ring (bicyclic) bond motifs is 2. The SMILES string of the molecule is IC1CC2CCC1C2. The van der Waals surface area contributed by atoms with Gasteiger partial charge in [0.2, 0.25) is 0 Å². The van der Waals surface area contributed by atoms with E-state index in [0.29, 0.717) is 0 Å². The molecule has 2 aliphatic carbocycles. The van der Waals surface area contributed by atoms with Crippen LogP contribution in [0, 0.1) is 11.8 Å². The average molecular weight is 222 g/mol. The summed E-state index contributed by atoms with van der Waals surface area (Å²) >= 11 is 2.62. The third-order valence-corrected chi connectivity index (χ3v) is 4.18. The zero-order valence-electron chi connectivity index (χ0n) is 4.94. The smallest absolute Gasteiger partial charge is 0.0141 e. The molecule has 0 aromatic heterocycles. The number of halogens is 1. The van der Waals surface area contributed by atoms with Crippen molar-refractivity contribution in [3.8, 4) is 0 Å². The third kappa shape index (κ3) is 0.703. The van der Waals surface area contributed by atoms with Crippen molar-refractivity contribution < 1.29 is 0 Å². The van der Waals surface area contributed by atoms with E-state index in [1.165, 1.54) is 12.8 Å². The molecule has 1 heteroatoms. The quantitative estimate of drug-likeness (QED) is 0.436. The second-order valence-corrected chi connectivity index (χ2v) is 4.79. The summed E-state index contributed by atoms with van der Waals surface area (Å²) in [6.45, 7) is 0. The summed E-state index contributed by atoms with van der Waals surface area (Å²) in [6.07, 6.45) is 6.18. The largest absolute Gasteiger partial charge is 0.0823 e. The Morgan fingerprint density at radius 2 is 2.00 bits per heavy atom. The van der Waals surface area contributed by atoms with Crippen LogP contribution < -0.4 is 0 Å². The van der Waals surface area contributed by atoms with E-state index in [2.05, 4.69) is 22.6 Å². The fraction of sp³-hybridized carbons (Fsp3) is 1.00. The van der Waals surface area contributed by atoms with Crippen LogP contribution >= 0.6 is 22.6 Å². The predicted molar refractivity (Wildman–Crippen MR) is 43.3 cm³/mol. The molecule has 0 radical (unpaired) electrons. The molecule has 2 bridgehead atoms. The molecular weight excluding hydrogens is 211 g/mol. The highest BCUT2D eigenvalue weighted by molar-refractivity contribution is 14.1. The average Bonchev–Trinajstić information content (AvgIpc) is 2.23. The van der Waals surface area contributed by atoms with E-state index in [1.807, 2.05) is 0 Å². The molecule has 3 unspecified atom stereocenters. The molecule has 0 N–H and O–H groups in total. The Balaban J connectivity index is 2.11. The number of hydrogen-bond donors (Lipinski definition) is 0. The first kappa shape index (κ1) is 5.51. The molecule has 0 aromatic carbocycles. The molecule has 46 valence electrons. The predicted octanol–water partition coefficient (Wildman–Crippen LogP) is 2.61. The van der Waals surface area contributed by atoms with E-state index in [9.17, 15) is 0 Å². The molecule has 0 nitrogen and oxygen atoms in total. The normalized spacial score (nSPS) is 52.9. The Bertz CT molecular complexity index is 98.6. The summed E-state index contributed by atoms with van der Waals surface area (Å²) in [6, 6.07) is 0. The van der Waals surface area contributed by atoms with Gasteiger partial charge in [-0.05, 0) is 31.1 Å². The number of rotatable bonds is 0. The maximum absolute atomic E-state index is 2.62. The molecule has 2 rings (SSSR count). The van der Waals surface area contributed by atoms with Crippen molar-refractivity contribution in [1.29, 1.82) is 0 Å². The molecule has 2 fully saturated rings. The Hall–Kier alpha value is 0.730. The molecule has 0 aliphatic heterocycles. The van der Waals surface area contributed by atoms with Gasteiger partial charge in [-0.25, -0.2) is 0 Å². The van der Waals surface area contributed by atoms with Crippen LogP contribution in [0.25, 0.3) is 0 Å². The maximum atomic E-state index is 2.62. The van der Waals surface area contributed by atoms with Crippen molar-refractivity contribution >= 4 is 22.6 Å². The first-order valence-corrected chi connectivity index (χ1v) is 4.75. The minimum absolute atomic E-state index is 1.05. The summed E-state index contributed by atoms with van der Waals surface area (Å²) in [5, 5.41) is 0. The van der Waals surface area contributed by atoms with Crippen molar-refractivity contribution in [2.45, 2.75) is 29.6 Å². The van der Waals surface area contributed by atoms with E-state index in [-0.39, 0.29) is 0 Å².